The predicted octanol–water partition coefficient (Wildman–Crippen LogP) is 4.49. The average molecular weight is 533 g/mol. The van der Waals surface area contributed by atoms with Crippen LogP contribution < -0.4 is 16.8 Å². The van der Waals surface area contributed by atoms with Gasteiger partial charge in [-0.15, -0.1) is 0 Å². The van der Waals surface area contributed by atoms with Crippen molar-refractivity contribution in [3.8, 4) is 16.9 Å². The van der Waals surface area contributed by atoms with Gasteiger partial charge in [-0.3, -0.25) is 0 Å². The van der Waals surface area contributed by atoms with E-state index in [4.69, 9.17) is 11.5 Å². The molecule has 0 bridgehead atoms. The van der Waals surface area contributed by atoms with Gasteiger partial charge in [-0.2, -0.15) is 23.3 Å². The van der Waals surface area contributed by atoms with E-state index in [-0.39, 0.29) is 36.0 Å². The Morgan fingerprint density at radius 1 is 1.00 bits per heavy atom. The Hall–Kier alpha value is -4.81. The van der Waals surface area contributed by atoms with Gasteiger partial charge >= 0.3 is 6.18 Å². The Bertz CT molecular complexity index is 1650. The Morgan fingerprint density at radius 2 is 1.77 bits per heavy atom. The summed E-state index contributed by atoms with van der Waals surface area (Å²) in [4.78, 5) is 21.4. The predicted molar refractivity (Wildman–Crippen MR) is 140 cm³/mol. The highest BCUT2D eigenvalue weighted by Gasteiger charge is 2.64. The van der Waals surface area contributed by atoms with Crippen LogP contribution in [-0.2, 0) is 0 Å². The Labute approximate surface area is 220 Å². The van der Waals surface area contributed by atoms with Crippen molar-refractivity contribution < 1.29 is 13.2 Å². The van der Waals surface area contributed by atoms with Gasteiger partial charge in [-0.05, 0) is 54.3 Å². The van der Waals surface area contributed by atoms with Gasteiger partial charge in [0.1, 0.15) is 35.0 Å². The molecule has 1 atom stereocenters. The zero-order valence-corrected chi connectivity index (χ0v) is 20.7. The number of nitrogen functional groups attached to an aromatic ring is 2. The number of halogens is 3. The largest absolute Gasteiger partial charge is 0.411 e. The number of anilines is 3. The van der Waals surface area contributed by atoms with Crippen LogP contribution >= 0.6 is 0 Å². The van der Waals surface area contributed by atoms with Gasteiger partial charge in [0, 0.05) is 17.7 Å². The lowest BCUT2D eigenvalue weighted by Gasteiger charge is -2.23. The average Bonchev–Trinajstić information content (AvgIpc) is 3.51. The first-order chi connectivity index (χ1) is 18.6. The molecule has 0 unspecified atom stereocenters. The van der Waals surface area contributed by atoms with Crippen molar-refractivity contribution in [3.05, 3.63) is 72.4 Å². The van der Waals surface area contributed by atoms with Gasteiger partial charge in [-0.25, -0.2) is 24.6 Å². The van der Waals surface area contributed by atoms with Crippen molar-refractivity contribution in [2.45, 2.75) is 37.4 Å². The van der Waals surface area contributed by atoms with Gasteiger partial charge in [0.15, 0.2) is 5.82 Å². The summed E-state index contributed by atoms with van der Waals surface area (Å²) in [6.07, 6.45) is 0.0282. The van der Waals surface area contributed by atoms with Crippen molar-refractivity contribution in [2.75, 3.05) is 16.8 Å². The summed E-state index contributed by atoms with van der Waals surface area (Å²) in [7, 11) is 0. The first-order valence-corrected chi connectivity index (χ1v) is 12.1. The van der Waals surface area contributed by atoms with Gasteiger partial charge < -0.3 is 16.8 Å². The first kappa shape index (κ1) is 24.5. The lowest BCUT2D eigenvalue weighted by Crippen LogP contribution is -2.39. The van der Waals surface area contributed by atoms with Crippen LogP contribution in [0.4, 0.5) is 30.8 Å². The Balaban J connectivity index is 1.51. The second-order valence-corrected chi connectivity index (χ2v) is 9.55. The molecule has 13 heteroatoms. The highest BCUT2D eigenvalue weighted by molar-refractivity contribution is 5.91. The topological polar surface area (TPSA) is 146 Å². The lowest BCUT2D eigenvalue weighted by atomic mass is 9.91. The Kier molecular flexibility index (Phi) is 5.59. The van der Waals surface area contributed by atoms with Crippen LogP contribution in [0, 0.1) is 0 Å². The fourth-order valence-corrected chi connectivity index (χ4v) is 4.54. The van der Waals surface area contributed by atoms with Crippen LogP contribution in [0.3, 0.4) is 0 Å². The van der Waals surface area contributed by atoms with Crippen LogP contribution in [0.2, 0.25) is 0 Å². The van der Waals surface area contributed by atoms with Crippen molar-refractivity contribution in [1.29, 1.82) is 0 Å². The van der Waals surface area contributed by atoms with Crippen molar-refractivity contribution >= 4 is 28.6 Å². The number of nitrogens with two attached hydrogens (primary N) is 2. The van der Waals surface area contributed by atoms with E-state index in [2.05, 4.69) is 35.3 Å². The molecule has 5 aromatic rings. The highest BCUT2D eigenvalue weighted by Crippen LogP contribution is 2.51. The number of fused-ring (bicyclic) bond motifs is 1. The number of benzene rings is 1. The maximum atomic E-state index is 13.8. The molecule has 0 radical (unpaired) electrons. The zero-order valence-electron chi connectivity index (χ0n) is 20.7. The number of pyridine rings is 2. The van der Waals surface area contributed by atoms with Crippen LogP contribution in [0.15, 0.2) is 61.3 Å². The third-order valence-electron chi connectivity index (χ3n) is 6.97. The van der Waals surface area contributed by atoms with Crippen molar-refractivity contribution in [3.63, 3.8) is 0 Å². The number of hydrogen-bond acceptors (Lipinski definition) is 9. The summed E-state index contributed by atoms with van der Waals surface area (Å²) in [5, 5.41) is 6.75. The Morgan fingerprint density at radius 3 is 2.38 bits per heavy atom. The number of nitrogens with zero attached hydrogens (tertiary/aromatic N) is 7. The number of aromatic nitrogens is 7. The molecule has 198 valence electrons. The fourth-order valence-electron chi connectivity index (χ4n) is 4.54. The summed E-state index contributed by atoms with van der Waals surface area (Å²) in [5.41, 5.74) is 13.9. The van der Waals surface area contributed by atoms with Gasteiger partial charge in [-0.1, -0.05) is 19.1 Å². The molecule has 1 fully saturated rings. The number of rotatable bonds is 6. The van der Waals surface area contributed by atoms with Crippen LogP contribution in [0.1, 0.15) is 36.8 Å². The highest BCUT2D eigenvalue weighted by atomic mass is 19.4. The number of hydrogen-bond donors (Lipinski definition) is 3. The number of alkyl halides is 3. The third-order valence-corrected chi connectivity index (χ3v) is 6.97. The molecule has 0 amide bonds. The second-order valence-electron chi connectivity index (χ2n) is 9.55. The zero-order chi connectivity index (χ0) is 27.4. The molecule has 4 heterocycles. The molecule has 0 saturated heterocycles. The van der Waals surface area contributed by atoms with Gasteiger partial charge in [0.05, 0.1) is 11.4 Å². The third kappa shape index (κ3) is 4.45. The molecule has 10 nitrogen and oxygen atoms in total. The molecule has 1 saturated carbocycles. The molecule has 6 rings (SSSR count). The lowest BCUT2D eigenvalue weighted by molar-refractivity contribution is -0.151. The van der Waals surface area contributed by atoms with E-state index in [1.165, 1.54) is 6.33 Å². The summed E-state index contributed by atoms with van der Waals surface area (Å²) in [6.45, 7) is 1.98. The van der Waals surface area contributed by atoms with E-state index in [0.717, 1.165) is 11.3 Å². The quantitative estimate of drug-likeness (QED) is 0.288. The van der Waals surface area contributed by atoms with E-state index in [9.17, 15) is 13.2 Å². The molecule has 1 aromatic carbocycles. The summed E-state index contributed by atoms with van der Waals surface area (Å²) < 4.78 is 43.2. The van der Waals surface area contributed by atoms with E-state index < -0.39 is 11.7 Å². The smallest absolute Gasteiger partial charge is 0.384 e. The van der Waals surface area contributed by atoms with Gasteiger partial charge in [0.2, 0.25) is 5.95 Å². The standard InChI is InChI=1S/C26H23F3N10/c1-14(15-2-5-17(6-3-15)39-13-32-12-34-39)18-10-19(16-4-7-20(30)33-11-16)35-22-21(18)36-24(31)37-23(22)38-25(8-9-25)26(27,28)29/h2-7,10-14H,8-9H2,1H3,(H2,30,33)(H3,31,36,37,38)/t14-/m1/s1. The molecular weight excluding hydrogens is 509 g/mol. The molecule has 0 spiro atoms. The summed E-state index contributed by atoms with van der Waals surface area (Å²) in [5.74, 6) is -0.116. The SMILES string of the molecule is C[C@H](c1ccc(-n2cncn2)cc1)c1cc(-c2ccc(N)nc2)nc2c(NC3(C(F)(F)F)CC3)nc(N)nc12. The fraction of sp³-hybridized carbons (Fsp3) is 0.231. The molecule has 4 aromatic heterocycles. The van der Waals surface area contributed by atoms with Crippen LogP contribution in [0.25, 0.3) is 28.0 Å². The normalized spacial score (nSPS) is 15.3. The summed E-state index contributed by atoms with van der Waals surface area (Å²) >= 11 is 0. The van der Waals surface area contributed by atoms with E-state index >= 15 is 0 Å². The minimum Gasteiger partial charge on any atom is -0.384 e. The molecule has 39 heavy (non-hydrogen) atoms. The second kappa shape index (κ2) is 8.89. The monoisotopic (exact) mass is 532 g/mol. The molecule has 1 aliphatic rings. The minimum atomic E-state index is -4.46. The minimum absolute atomic E-state index is 0.0624. The number of nitrogens with one attached hydrogen (secondary N) is 1. The maximum Gasteiger partial charge on any atom is 0.411 e. The summed E-state index contributed by atoms with van der Waals surface area (Å²) in [6, 6.07) is 12.9. The molecule has 5 N–H and O–H groups in total. The molecule has 0 aliphatic heterocycles. The molecular formula is C26H23F3N10. The van der Waals surface area contributed by atoms with Crippen molar-refractivity contribution in [2.24, 2.45) is 0 Å². The first-order valence-electron chi connectivity index (χ1n) is 12.1. The van der Waals surface area contributed by atoms with Crippen LogP contribution in [0.5, 0.6) is 0 Å². The van der Waals surface area contributed by atoms with Crippen LogP contribution in [-0.4, -0.2) is 46.4 Å². The maximum absolute atomic E-state index is 13.8. The molecule has 1 aliphatic carbocycles. The van der Waals surface area contributed by atoms with E-state index in [0.29, 0.717) is 28.2 Å². The van der Waals surface area contributed by atoms with E-state index in [1.54, 1.807) is 29.3 Å². The van der Waals surface area contributed by atoms with Crippen molar-refractivity contribution in [1.82, 2.24) is 34.7 Å². The van der Waals surface area contributed by atoms with E-state index in [1.807, 2.05) is 37.3 Å². The van der Waals surface area contributed by atoms with Gasteiger partial charge in [0.25, 0.3) is 0 Å².